The highest BCUT2D eigenvalue weighted by Gasteiger charge is 2.13. The van der Waals surface area contributed by atoms with Crippen LogP contribution in [0.25, 0.3) is 11.1 Å². The van der Waals surface area contributed by atoms with Crippen molar-refractivity contribution < 1.29 is 14.3 Å². The van der Waals surface area contributed by atoms with E-state index in [9.17, 15) is 4.79 Å². The summed E-state index contributed by atoms with van der Waals surface area (Å²) in [5.74, 6) is 0.531. The van der Waals surface area contributed by atoms with Crippen LogP contribution in [0.1, 0.15) is 16.2 Å². The van der Waals surface area contributed by atoms with Gasteiger partial charge in [-0.15, -0.1) is 0 Å². The summed E-state index contributed by atoms with van der Waals surface area (Å²) in [6, 6.07) is 4.93. The first-order valence-corrected chi connectivity index (χ1v) is 6.22. The third-order valence-corrected chi connectivity index (χ3v) is 2.83. The summed E-state index contributed by atoms with van der Waals surface area (Å²) in [6.07, 6.45) is 2.72. The second-order valence-corrected chi connectivity index (χ2v) is 4.29. The minimum Gasteiger partial charge on any atom is -0.478 e. The number of carboxylic acid groups (broad SMARTS) is 1. The number of nitrogens with zero attached hydrogens (tertiary/aromatic N) is 1. The molecule has 0 unspecified atom stereocenters. The van der Waals surface area contributed by atoms with E-state index in [1.54, 1.807) is 23.9 Å². The molecule has 1 aromatic heterocycles. The Kier molecular flexibility index (Phi) is 3.14. The summed E-state index contributed by atoms with van der Waals surface area (Å²) in [4.78, 5) is 15.2. The van der Waals surface area contributed by atoms with Crippen LogP contribution in [0, 0.1) is 0 Å². The minimum atomic E-state index is -0.977. The quantitative estimate of drug-likeness (QED) is 0.884. The maximum absolute atomic E-state index is 11.0. The molecular formula is C11H11NO3S. The average Bonchev–Trinajstić information content (AvgIpc) is 2.68. The van der Waals surface area contributed by atoms with Crippen molar-refractivity contribution in [3.05, 3.63) is 29.7 Å². The Morgan fingerprint density at radius 2 is 2.38 bits per heavy atom. The standard InChI is InChI=1S/C11H11NO3S/c1-16-6-5-9-12-10-7(11(13)14)3-2-4-8(10)15-9/h2-4H,5-6H2,1H3,(H,13,14). The molecule has 16 heavy (non-hydrogen) atoms. The van der Waals surface area contributed by atoms with Gasteiger partial charge in [0.05, 0.1) is 5.56 Å². The van der Waals surface area contributed by atoms with E-state index in [0.717, 1.165) is 12.2 Å². The summed E-state index contributed by atoms with van der Waals surface area (Å²) in [5, 5.41) is 8.98. The maximum Gasteiger partial charge on any atom is 0.338 e. The van der Waals surface area contributed by atoms with Crippen molar-refractivity contribution in [2.24, 2.45) is 0 Å². The molecule has 84 valence electrons. The van der Waals surface area contributed by atoms with Crippen molar-refractivity contribution >= 4 is 28.8 Å². The Morgan fingerprint density at radius 3 is 3.06 bits per heavy atom. The van der Waals surface area contributed by atoms with Crippen LogP contribution in [0.15, 0.2) is 22.6 Å². The van der Waals surface area contributed by atoms with Crippen molar-refractivity contribution in [3.63, 3.8) is 0 Å². The summed E-state index contributed by atoms with van der Waals surface area (Å²) >= 11 is 1.70. The van der Waals surface area contributed by atoms with E-state index in [-0.39, 0.29) is 5.56 Å². The number of fused-ring (bicyclic) bond motifs is 1. The Balaban J connectivity index is 2.44. The molecule has 4 nitrogen and oxygen atoms in total. The topological polar surface area (TPSA) is 63.3 Å². The van der Waals surface area contributed by atoms with Gasteiger partial charge in [0, 0.05) is 12.2 Å². The van der Waals surface area contributed by atoms with Gasteiger partial charge < -0.3 is 9.52 Å². The minimum absolute atomic E-state index is 0.191. The Labute approximate surface area is 96.7 Å². The van der Waals surface area contributed by atoms with Crippen molar-refractivity contribution in [1.29, 1.82) is 0 Å². The number of carbonyl (C=O) groups is 1. The van der Waals surface area contributed by atoms with Gasteiger partial charge in [0.15, 0.2) is 11.5 Å². The zero-order valence-corrected chi connectivity index (χ0v) is 9.58. The molecule has 0 saturated carbocycles. The number of carboxylic acids is 1. The molecule has 1 N–H and O–H groups in total. The molecule has 0 aliphatic carbocycles. The van der Waals surface area contributed by atoms with Gasteiger partial charge in [-0.2, -0.15) is 11.8 Å². The number of aromatic nitrogens is 1. The highest BCUT2D eigenvalue weighted by atomic mass is 32.2. The Morgan fingerprint density at radius 1 is 1.56 bits per heavy atom. The van der Waals surface area contributed by atoms with Crippen LogP contribution < -0.4 is 0 Å². The van der Waals surface area contributed by atoms with Gasteiger partial charge in [-0.05, 0) is 18.4 Å². The van der Waals surface area contributed by atoms with Gasteiger partial charge in [-0.3, -0.25) is 0 Å². The van der Waals surface area contributed by atoms with E-state index in [4.69, 9.17) is 9.52 Å². The molecule has 0 bridgehead atoms. The number of aromatic carboxylic acids is 1. The molecule has 2 aromatic rings. The highest BCUT2D eigenvalue weighted by Crippen LogP contribution is 2.20. The van der Waals surface area contributed by atoms with E-state index in [1.807, 2.05) is 6.26 Å². The lowest BCUT2D eigenvalue weighted by Gasteiger charge is -1.92. The largest absolute Gasteiger partial charge is 0.478 e. The molecule has 0 aliphatic heterocycles. The normalized spacial score (nSPS) is 10.8. The second kappa shape index (κ2) is 4.57. The van der Waals surface area contributed by atoms with Crippen molar-refractivity contribution in [3.8, 4) is 0 Å². The van der Waals surface area contributed by atoms with Crippen molar-refractivity contribution in [2.45, 2.75) is 6.42 Å². The van der Waals surface area contributed by atoms with Gasteiger partial charge >= 0.3 is 5.97 Å². The van der Waals surface area contributed by atoms with Crippen LogP contribution >= 0.6 is 11.8 Å². The molecule has 0 amide bonds. The average molecular weight is 237 g/mol. The lowest BCUT2D eigenvalue weighted by molar-refractivity contribution is 0.0699. The third-order valence-electron chi connectivity index (χ3n) is 2.21. The zero-order valence-electron chi connectivity index (χ0n) is 8.77. The highest BCUT2D eigenvalue weighted by molar-refractivity contribution is 7.98. The van der Waals surface area contributed by atoms with Gasteiger partial charge in [0.2, 0.25) is 0 Å². The predicted octanol–water partition coefficient (Wildman–Crippen LogP) is 2.43. The number of hydrogen-bond donors (Lipinski definition) is 1. The SMILES string of the molecule is CSCCc1nc2c(C(=O)O)cccc2o1. The predicted molar refractivity (Wildman–Crippen MR) is 63.1 cm³/mol. The first-order valence-electron chi connectivity index (χ1n) is 4.83. The monoisotopic (exact) mass is 237 g/mol. The lowest BCUT2D eigenvalue weighted by Crippen LogP contribution is -1.97. The van der Waals surface area contributed by atoms with Crippen LogP contribution in [-0.4, -0.2) is 28.1 Å². The Bertz CT molecular complexity index is 521. The molecule has 1 heterocycles. The molecular weight excluding hydrogens is 226 g/mol. The maximum atomic E-state index is 11.0. The van der Waals surface area contributed by atoms with Crippen LogP contribution in [0.2, 0.25) is 0 Å². The lowest BCUT2D eigenvalue weighted by atomic mass is 10.2. The number of oxazole rings is 1. The van der Waals surface area contributed by atoms with Crippen molar-refractivity contribution in [1.82, 2.24) is 4.98 Å². The number of aryl methyl sites for hydroxylation is 1. The third kappa shape index (κ3) is 2.04. The number of benzene rings is 1. The fourth-order valence-electron chi connectivity index (χ4n) is 1.46. The molecule has 0 radical (unpaired) electrons. The fourth-order valence-corrected chi connectivity index (χ4v) is 1.84. The van der Waals surface area contributed by atoms with E-state index >= 15 is 0 Å². The van der Waals surface area contributed by atoms with E-state index < -0.39 is 5.97 Å². The number of thioether (sulfide) groups is 1. The van der Waals surface area contributed by atoms with E-state index in [2.05, 4.69) is 4.98 Å². The first kappa shape index (κ1) is 11.0. The smallest absolute Gasteiger partial charge is 0.338 e. The Hall–Kier alpha value is -1.49. The van der Waals surface area contributed by atoms with E-state index in [0.29, 0.717) is 17.0 Å². The van der Waals surface area contributed by atoms with Crippen LogP contribution in [0.3, 0.4) is 0 Å². The van der Waals surface area contributed by atoms with Crippen LogP contribution in [0.5, 0.6) is 0 Å². The molecule has 0 atom stereocenters. The van der Waals surface area contributed by atoms with Gasteiger partial charge in [0.1, 0.15) is 5.52 Å². The molecule has 0 spiro atoms. The zero-order chi connectivity index (χ0) is 11.5. The molecule has 5 heteroatoms. The van der Waals surface area contributed by atoms with Crippen LogP contribution in [-0.2, 0) is 6.42 Å². The first-order chi connectivity index (χ1) is 7.72. The molecule has 1 aromatic carbocycles. The van der Waals surface area contributed by atoms with E-state index in [1.165, 1.54) is 6.07 Å². The van der Waals surface area contributed by atoms with Gasteiger partial charge in [-0.25, -0.2) is 9.78 Å². The van der Waals surface area contributed by atoms with Crippen molar-refractivity contribution in [2.75, 3.05) is 12.0 Å². The summed E-state index contributed by atoms with van der Waals surface area (Å²) < 4.78 is 5.47. The summed E-state index contributed by atoms with van der Waals surface area (Å²) in [6.45, 7) is 0. The molecule has 0 saturated heterocycles. The summed E-state index contributed by atoms with van der Waals surface area (Å²) in [7, 11) is 0. The number of rotatable bonds is 4. The van der Waals surface area contributed by atoms with Crippen LogP contribution in [0.4, 0.5) is 0 Å². The molecule has 0 aliphatic rings. The number of para-hydroxylation sites is 1. The fraction of sp³-hybridized carbons (Fsp3) is 0.273. The van der Waals surface area contributed by atoms with Gasteiger partial charge in [0.25, 0.3) is 0 Å². The molecule has 0 fully saturated rings. The molecule has 2 rings (SSSR count). The number of hydrogen-bond acceptors (Lipinski definition) is 4. The second-order valence-electron chi connectivity index (χ2n) is 3.31. The van der Waals surface area contributed by atoms with Gasteiger partial charge in [-0.1, -0.05) is 6.07 Å². The summed E-state index contributed by atoms with van der Waals surface area (Å²) in [5.41, 5.74) is 1.17.